The van der Waals surface area contributed by atoms with Crippen LogP contribution >= 0.6 is 0 Å². The Morgan fingerprint density at radius 3 is 2.92 bits per heavy atom. The van der Waals surface area contributed by atoms with E-state index in [1.165, 1.54) is 0 Å². The average Bonchev–Trinajstić information content (AvgIpc) is 2.10. The predicted octanol–water partition coefficient (Wildman–Crippen LogP) is 2.19. The van der Waals surface area contributed by atoms with Crippen molar-refractivity contribution in [3.8, 4) is 12.3 Å². The standard InChI is InChI=1S/C11H11FO/c1-3-5-10(13)9-7-4-6-8(2)11(9)12/h1,4,6-7,10,13H,5H2,2H3. The van der Waals surface area contributed by atoms with Crippen LogP contribution in [0, 0.1) is 25.1 Å². The number of hydrogen-bond donors (Lipinski definition) is 1. The van der Waals surface area contributed by atoms with Gasteiger partial charge in [-0.15, -0.1) is 12.3 Å². The van der Waals surface area contributed by atoms with E-state index >= 15 is 0 Å². The molecule has 0 fully saturated rings. The number of aryl methyl sites for hydroxylation is 1. The van der Waals surface area contributed by atoms with Crippen molar-refractivity contribution in [3.05, 3.63) is 35.1 Å². The number of hydrogen-bond acceptors (Lipinski definition) is 1. The fourth-order valence-corrected chi connectivity index (χ4v) is 1.15. The van der Waals surface area contributed by atoms with Crippen molar-refractivity contribution in [3.63, 3.8) is 0 Å². The Balaban J connectivity index is 3.02. The van der Waals surface area contributed by atoms with Crippen molar-refractivity contribution in [2.75, 3.05) is 0 Å². The molecule has 1 atom stereocenters. The molecule has 0 bridgehead atoms. The maximum atomic E-state index is 13.3. The highest BCUT2D eigenvalue weighted by atomic mass is 19.1. The first-order chi connectivity index (χ1) is 6.16. The summed E-state index contributed by atoms with van der Waals surface area (Å²) in [5.74, 6) is 1.93. The van der Waals surface area contributed by atoms with Crippen molar-refractivity contribution in [1.82, 2.24) is 0 Å². The second kappa shape index (κ2) is 4.06. The van der Waals surface area contributed by atoms with E-state index in [4.69, 9.17) is 6.42 Å². The third-order valence-electron chi connectivity index (χ3n) is 1.89. The van der Waals surface area contributed by atoms with Gasteiger partial charge >= 0.3 is 0 Å². The van der Waals surface area contributed by atoms with Crippen LogP contribution in [0.3, 0.4) is 0 Å². The van der Waals surface area contributed by atoms with Crippen LogP contribution in [0.25, 0.3) is 0 Å². The van der Waals surface area contributed by atoms with Crippen molar-refractivity contribution in [1.29, 1.82) is 0 Å². The minimum Gasteiger partial charge on any atom is -0.387 e. The summed E-state index contributed by atoms with van der Waals surface area (Å²) in [5.41, 5.74) is 0.798. The van der Waals surface area contributed by atoms with Gasteiger partial charge in [-0.2, -0.15) is 0 Å². The lowest BCUT2D eigenvalue weighted by Gasteiger charge is -2.09. The molecule has 13 heavy (non-hydrogen) atoms. The molecule has 0 heterocycles. The summed E-state index contributed by atoms with van der Waals surface area (Å²) >= 11 is 0. The van der Waals surface area contributed by atoms with Gasteiger partial charge in [-0.25, -0.2) is 4.39 Å². The molecule has 0 aliphatic carbocycles. The summed E-state index contributed by atoms with van der Waals surface area (Å²) in [6.07, 6.45) is 4.26. The van der Waals surface area contributed by atoms with E-state index in [0.717, 1.165) is 0 Å². The van der Waals surface area contributed by atoms with Crippen LogP contribution in [-0.2, 0) is 0 Å². The lowest BCUT2D eigenvalue weighted by atomic mass is 10.0. The summed E-state index contributed by atoms with van der Waals surface area (Å²) in [4.78, 5) is 0. The molecule has 0 radical (unpaired) electrons. The number of terminal acetylenes is 1. The van der Waals surface area contributed by atoms with Crippen LogP contribution in [-0.4, -0.2) is 5.11 Å². The fraction of sp³-hybridized carbons (Fsp3) is 0.273. The highest BCUT2D eigenvalue weighted by Gasteiger charge is 2.12. The van der Waals surface area contributed by atoms with E-state index in [2.05, 4.69) is 5.92 Å². The molecule has 0 aliphatic rings. The molecule has 68 valence electrons. The molecule has 0 aromatic heterocycles. The molecule has 1 unspecified atom stereocenters. The van der Waals surface area contributed by atoms with Crippen molar-refractivity contribution in [2.24, 2.45) is 0 Å². The number of benzene rings is 1. The van der Waals surface area contributed by atoms with Crippen molar-refractivity contribution < 1.29 is 9.50 Å². The summed E-state index contributed by atoms with van der Waals surface area (Å²) in [7, 11) is 0. The van der Waals surface area contributed by atoms with Gasteiger partial charge in [0.15, 0.2) is 0 Å². The Hall–Kier alpha value is -1.33. The highest BCUT2D eigenvalue weighted by molar-refractivity contribution is 5.27. The maximum absolute atomic E-state index is 13.3. The normalized spacial score (nSPS) is 12.2. The van der Waals surface area contributed by atoms with E-state index in [1.54, 1.807) is 25.1 Å². The Morgan fingerprint density at radius 1 is 1.62 bits per heavy atom. The van der Waals surface area contributed by atoms with Gasteiger partial charge in [-0.3, -0.25) is 0 Å². The first-order valence-electron chi connectivity index (χ1n) is 4.03. The molecule has 1 aromatic carbocycles. The largest absolute Gasteiger partial charge is 0.387 e. The van der Waals surface area contributed by atoms with E-state index in [-0.39, 0.29) is 17.8 Å². The summed E-state index contributed by atoms with van der Waals surface area (Å²) in [6.45, 7) is 1.65. The zero-order chi connectivity index (χ0) is 9.84. The van der Waals surface area contributed by atoms with Crippen LogP contribution in [0.1, 0.15) is 23.7 Å². The van der Waals surface area contributed by atoms with Gasteiger partial charge in [0.1, 0.15) is 5.82 Å². The number of rotatable bonds is 2. The second-order valence-corrected chi connectivity index (χ2v) is 2.90. The quantitative estimate of drug-likeness (QED) is 0.688. The summed E-state index contributed by atoms with van der Waals surface area (Å²) < 4.78 is 13.3. The molecule has 0 spiro atoms. The molecule has 1 aromatic rings. The van der Waals surface area contributed by atoms with E-state index in [1.807, 2.05) is 0 Å². The minimum atomic E-state index is -0.898. The van der Waals surface area contributed by atoms with Gasteiger partial charge in [0.25, 0.3) is 0 Å². The van der Waals surface area contributed by atoms with Gasteiger partial charge in [0, 0.05) is 12.0 Å². The van der Waals surface area contributed by atoms with Crippen LogP contribution in [0.5, 0.6) is 0 Å². The van der Waals surface area contributed by atoms with Gasteiger partial charge in [-0.1, -0.05) is 18.2 Å². The highest BCUT2D eigenvalue weighted by Crippen LogP contribution is 2.21. The number of aliphatic hydroxyl groups excluding tert-OH is 1. The van der Waals surface area contributed by atoms with Crippen LogP contribution in [0.15, 0.2) is 18.2 Å². The topological polar surface area (TPSA) is 20.2 Å². The Labute approximate surface area is 77.2 Å². The smallest absolute Gasteiger partial charge is 0.131 e. The molecule has 1 N–H and O–H groups in total. The lowest BCUT2D eigenvalue weighted by Crippen LogP contribution is -2.00. The van der Waals surface area contributed by atoms with E-state index < -0.39 is 6.10 Å². The molecule has 1 rings (SSSR count). The molecule has 0 saturated carbocycles. The summed E-state index contributed by atoms with van der Waals surface area (Å²) in [6, 6.07) is 4.90. The molecular weight excluding hydrogens is 167 g/mol. The first-order valence-corrected chi connectivity index (χ1v) is 4.03. The molecular formula is C11H11FO. The average molecular weight is 178 g/mol. The van der Waals surface area contributed by atoms with Gasteiger partial charge in [-0.05, 0) is 12.5 Å². The zero-order valence-corrected chi connectivity index (χ0v) is 7.42. The van der Waals surface area contributed by atoms with Gasteiger partial charge in [0.05, 0.1) is 6.10 Å². The second-order valence-electron chi connectivity index (χ2n) is 2.90. The predicted molar refractivity (Wildman–Crippen MR) is 49.5 cm³/mol. The third kappa shape index (κ3) is 2.07. The molecule has 0 aliphatic heterocycles. The third-order valence-corrected chi connectivity index (χ3v) is 1.89. The van der Waals surface area contributed by atoms with E-state index in [0.29, 0.717) is 5.56 Å². The number of halogens is 1. The first kappa shape index (κ1) is 9.76. The number of aliphatic hydroxyl groups is 1. The SMILES string of the molecule is C#CCC(O)c1cccc(C)c1F. The molecule has 2 heteroatoms. The lowest BCUT2D eigenvalue weighted by molar-refractivity contribution is 0.179. The van der Waals surface area contributed by atoms with Crippen molar-refractivity contribution in [2.45, 2.75) is 19.4 Å². The Morgan fingerprint density at radius 2 is 2.31 bits per heavy atom. The molecule has 0 amide bonds. The zero-order valence-electron chi connectivity index (χ0n) is 7.42. The minimum absolute atomic E-state index is 0.139. The Bertz CT molecular complexity index is 338. The van der Waals surface area contributed by atoms with Crippen molar-refractivity contribution >= 4 is 0 Å². The van der Waals surface area contributed by atoms with Gasteiger partial charge in [0.2, 0.25) is 0 Å². The molecule has 1 nitrogen and oxygen atoms in total. The Kier molecular flexibility index (Phi) is 3.05. The van der Waals surface area contributed by atoms with Crippen LogP contribution in [0.4, 0.5) is 4.39 Å². The van der Waals surface area contributed by atoms with E-state index in [9.17, 15) is 9.50 Å². The fourth-order valence-electron chi connectivity index (χ4n) is 1.15. The monoisotopic (exact) mass is 178 g/mol. The van der Waals surface area contributed by atoms with Crippen LogP contribution in [0.2, 0.25) is 0 Å². The van der Waals surface area contributed by atoms with Crippen LogP contribution < -0.4 is 0 Å². The van der Waals surface area contributed by atoms with Gasteiger partial charge < -0.3 is 5.11 Å². The molecule has 0 saturated heterocycles. The summed E-state index contributed by atoms with van der Waals surface area (Å²) in [5, 5.41) is 9.44. The maximum Gasteiger partial charge on any atom is 0.131 e.